The van der Waals surface area contributed by atoms with Crippen LogP contribution in [0.2, 0.25) is 0 Å². The van der Waals surface area contributed by atoms with E-state index >= 15 is 0 Å². The van der Waals surface area contributed by atoms with Crippen LogP contribution in [0, 0.1) is 20.2 Å². The highest BCUT2D eigenvalue weighted by Crippen LogP contribution is 2.33. The first kappa shape index (κ1) is 20.4. The zero-order valence-corrected chi connectivity index (χ0v) is 17.2. The average molecular weight is 452 g/mol. The molecule has 0 saturated heterocycles. The molecule has 0 radical (unpaired) electrons. The average Bonchev–Trinajstić information content (AvgIpc) is 3.15. The number of nitrogens with one attached hydrogen (secondary N) is 1. The Bertz CT molecular complexity index is 1320. The largest absolute Gasteiger partial charge is 0.298 e. The van der Waals surface area contributed by atoms with E-state index in [1.807, 2.05) is 0 Å². The zero-order valence-electron chi connectivity index (χ0n) is 15.6. The number of anilines is 1. The summed E-state index contributed by atoms with van der Waals surface area (Å²) in [5.74, 6) is -0.376. The highest BCUT2D eigenvalue weighted by molar-refractivity contribution is 7.99. The third-order valence-corrected chi connectivity index (χ3v) is 6.23. The van der Waals surface area contributed by atoms with Gasteiger partial charge in [-0.25, -0.2) is 4.98 Å². The van der Waals surface area contributed by atoms with E-state index in [-0.39, 0.29) is 17.3 Å². The van der Waals surface area contributed by atoms with Gasteiger partial charge in [-0.15, -0.1) is 0 Å². The molecule has 1 heterocycles. The minimum atomic E-state index is -0.483. The number of hydrogen-bond donors (Lipinski definition) is 1. The lowest BCUT2D eigenvalue weighted by Crippen LogP contribution is -2.12. The van der Waals surface area contributed by atoms with Gasteiger partial charge in [0.1, 0.15) is 0 Å². The summed E-state index contributed by atoms with van der Waals surface area (Å²) in [6.45, 7) is 0. The van der Waals surface area contributed by atoms with Gasteiger partial charge in [-0.05, 0) is 30.3 Å². The van der Waals surface area contributed by atoms with Crippen molar-refractivity contribution in [1.82, 2.24) is 4.98 Å². The van der Waals surface area contributed by atoms with Gasteiger partial charge in [-0.2, -0.15) is 0 Å². The molecule has 1 aromatic heterocycles. The lowest BCUT2D eigenvalue weighted by molar-refractivity contribution is -0.385. The van der Waals surface area contributed by atoms with Gasteiger partial charge >= 0.3 is 0 Å². The third kappa shape index (κ3) is 4.52. The first-order valence-corrected chi connectivity index (χ1v) is 10.4. The van der Waals surface area contributed by atoms with E-state index < -0.39 is 9.85 Å². The van der Waals surface area contributed by atoms with Gasteiger partial charge in [0.2, 0.25) is 0 Å². The highest BCUT2D eigenvalue weighted by Gasteiger charge is 2.16. The molecule has 0 aliphatic carbocycles. The predicted octanol–water partition coefficient (Wildman–Crippen LogP) is 5.52. The van der Waals surface area contributed by atoms with E-state index in [2.05, 4.69) is 10.3 Å². The minimum Gasteiger partial charge on any atom is -0.298 e. The molecule has 0 fully saturated rings. The molecule has 0 saturated carbocycles. The van der Waals surface area contributed by atoms with E-state index in [1.165, 1.54) is 42.1 Å². The molecule has 3 aromatic carbocycles. The molecule has 4 aromatic rings. The molecule has 0 atom stereocenters. The van der Waals surface area contributed by atoms with Gasteiger partial charge in [0.25, 0.3) is 17.3 Å². The molecule has 1 N–H and O–H groups in total. The molecule has 154 valence electrons. The number of carbonyl (C=O) groups excluding carboxylic acids is 1. The molecular weight excluding hydrogens is 440 g/mol. The van der Waals surface area contributed by atoms with Crippen LogP contribution >= 0.6 is 23.1 Å². The summed E-state index contributed by atoms with van der Waals surface area (Å²) in [6.07, 6.45) is 0. The Balaban J connectivity index is 1.56. The van der Waals surface area contributed by atoms with Crippen LogP contribution in [-0.4, -0.2) is 20.7 Å². The third-order valence-electron chi connectivity index (χ3n) is 4.21. The van der Waals surface area contributed by atoms with Crippen molar-refractivity contribution in [2.24, 2.45) is 0 Å². The van der Waals surface area contributed by atoms with Crippen molar-refractivity contribution >= 4 is 55.7 Å². The van der Waals surface area contributed by atoms with Crippen molar-refractivity contribution in [3.05, 3.63) is 92.5 Å². The number of rotatable bonds is 6. The second kappa shape index (κ2) is 8.50. The molecule has 11 heteroatoms. The van der Waals surface area contributed by atoms with Crippen molar-refractivity contribution in [3.63, 3.8) is 0 Å². The summed E-state index contributed by atoms with van der Waals surface area (Å²) in [5.41, 5.74) is 0.917. The Hall–Kier alpha value is -3.83. The van der Waals surface area contributed by atoms with E-state index in [0.29, 0.717) is 25.8 Å². The number of nitro benzene ring substituents is 2. The lowest BCUT2D eigenvalue weighted by Gasteiger charge is -2.08. The Labute approximate surface area is 183 Å². The zero-order chi connectivity index (χ0) is 22.0. The Morgan fingerprint density at radius 3 is 2.32 bits per heavy atom. The fraction of sp³-hybridized carbons (Fsp3) is 0. The topological polar surface area (TPSA) is 128 Å². The fourth-order valence-corrected chi connectivity index (χ4v) is 4.59. The van der Waals surface area contributed by atoms with Crippen LogP contribution in [0.3, 0.4) is 0 Å². The number of aromatic nitrogens is 1. The predicted molar refractivity (Wildman–Crippen MR) is 118 cm³/mol. The Kier molecular flexibility index (Phi) is 5.60. The van der Waals surface area contributed by atoms with Gasteiger partial charge in [0.15, 0.2) is 5.13 Å². The maximum Gasteiger partial charge on any atom is 0.270 e. The Morgan fingerprint density at radius 2 is 1.61 bits per heavy atom. The summed E-state index contributed by atoms with van der Waals surface area (Å²) in [6, 6.07) is 17.4. The fourth-order valence-electron chi connectivity index (χ4n) is 2.75. The number of nitrogens with zero attached hydrogens (tertiary/aromatic N) is 3. The monoisotopic (exact) mass is 452 g/mol. The molecule has 0 aliphatic rings. The van der Waals surface area contributed by atoms with Crippen molar-refractivity contribution in [2.75, 3.05) is 5.32 Å². The molecule has 0 unspecified atom stereocenters. The second-order valence-corrected chi connectivity index (χ2v) is 8.38. The first-order chi connectivity index (χ1) is 14.9. The first-order valence-electron chi connectivity index (χ1n) is 8.78. The van der Waals surface area contributed by atoms with Crippen molar-refractivity contribution in [1.29, 1.82) is 0 Å². The number of thiazole rings is 1. The maximum atomic E-state index is 12.9. The van der Waals surface area contributed by atoms with Crippen molar-refractivity contribution in [3.8, 4) is 0 Å². The van der Waals surface area contributed by atoms with Gasteiger partial charge in [-0.3, -0.25) is 30.3 Å². The van der Waals surface area contributed by atoms with Crippen LogP contribution in [0.1, 0.15) is 10.4 Å². The van der Waals surface area contributed by atoms with Crippen molar-refractivity contribution < 1.29 is 14.6 Å². The smallest absolute Gasteiger partial charge is 0.270 e. The van der Waals surface area contributed by atoms with Crippen LogP contribution in [0.4, 0.5) is 16.5 Å². The summed E-state index contributed by atoms with van der Waals surface area (Å²) in [7, 11) is 0. The SMILES string of the molecule is O=C(Nc1nc2ccc([N+](=O)[O-])cc2s1)c1ccccc1Sc1ccc([N+](=O)[O-])cc1. The van der Waals surface area contributed by atoms with Crippen molar-refractivity contribution in [2.45, 2.75) is 9.79 Å². The number of benzene rings is 3. The number of amides is 1. The second-order valence-electron chi connectivity index (χ2n) is 6.23. The van der Waals surface area contributed by atoms with E-state index in [4.69, 9.17) is 0 Å². The molecule has 0 bridgehead atoms. The van der Waals surface area contributed by atoms with Crippen LogP contribution in [-0.2, 0) is 0 Å². The summed E-state index contributed by atoms with van der Waals surface area (Å²) in [4.78, 5) is 39.4. The van der Waals surface area contributed by atoms with Crippen LogP contribution < -0.4 is 5.32 Å². The van der Waals surface area contributed by atoms with Gasteiger partial charge < -0.3 is 0 Å². The van der Waals surface area contributed by atoms with E-state index in [0.717, 1.165) is 16.2 Å². The highest BCUT2D eigenvalue weighted by atomic mass is 32.2. The number of fused-ring (bicyclic) bond motifs is 1. The van der Waals surface area contributed by atoms with Crippen LogP contribution in [0.25, 0.3) is 10.2 Å². The van der Waals surface area contributed by atoms with Gasteiger partial charge in [0.05, 0.1) is 25.6 Å². The quantitative estimate of drug-likeness (QED) is 0.301. The normalized spacial score (nSPS) is 10.7. The van der Waals surface area contributed by atoms with Gasteiger partial charge in [-0.1, -0.05) is 35.2 Å². The number of nitro groups is 2. The molecule has 9 nitrogen and oxygen atoms in total. The Morgan fingerprint density at radius 1 is 0.935 bits per heavy atom. The minimum absolute atomic E-state index is 0.00792. The van der Waals surface area contributed by atoms with E-state index in [9.17, 15) is 25.0 Å². The molecule has 4 rings (SSSR count). The molecule has 31 heavy (non-hydrogen) atoms. The number of hydrogen-bond acceptors (Lipinski definition) is 8. The number of non-ortho nitro benzene ring substituents is 2. The molecule has 0 aliphatic heterocycles. The summed E-state index contributed by atoms with van der Waals surface area (Å²) in [5, 5.41) is 24.8. The van der Waals surface area contributed by atoms with Crippen LogP contribution in [0.5, 0.6) is 0 Å². The van der Waals surface area contributed by atoms with Gasteiger partial charge in [0, 0.05) is 34.1 Å². The summed E-state index contributed by atoms with van der Waals surface area (Å²) >= 11 is 2.46. The molecule has 1 amide bonds. The summed E-state index contributed by atoms with van der Waals surface area (Å²) < 4.78 is 0.595. The molecule has 0 spiro atoms. The maximum absolute atomic E-state index is 12.9. The van der Waals surface area contributed by atoms with Crippen LogP contribution in [0.15, 0.2) is 76.5 Å². The standard InChI is InChI=1S/C20H12N4O5S2/c25-19(22-20-21-16-10-7-13(24(28)29)11-18(16)31-20)15-3-1-2-4-17(15)30-14-8-5-12(6-9-14)23(26)27/h1-11H,(H,21,22,25). The van der Waals surface area contributed by atoms with E-state index in [1.54, 1.807) is 36.4 Å². The number of carbonyl (C=O) groups is 1. The molecular formula is C20H12N4O5S2. The lowest BCUT2D eigenvalue weighted by atomic mass is 10.2.